The normalized spacial score (nSPS) is 10.4. The van der Waals surface area contributed by atoms with Gasteiger partial charge in [0, 0.05) is 37.6 Å². The van der Waals surface area contributed by atoms with E-state index in [0.29, 0.717) is 12.6 Å². The van der Waals surface area contributed by atoms with Crippen LogP contribution >= 0.6 is 0 Å². The second-order valence-corrected chi connectivity index (χ2v) is 3.77. The fraction of sp³-hybridized carbons (Fsp3) is 0.182. The molecule has 100 valence electrons. The molecule has 1 N–H and O–H groups in total. The number of nitrogens with zero attached hydrogens (tertiary/aromatic N) is 3. The third kappa shape index (κ3) is 3.03. The molecule has 8 heteroatoms. The van der Waals surface area contributed by atoms with Gasteiger partial charge in [0.15, 0.2) is 0 Å². The van der Waals surface area contributed by atoms with Gasteiger partial charge in [-0.1, -0.05) is 0 Å². The zero-order valence-electron chi connectivity index (χ0n) is 9.72. The van der Waals surface area contributed by atoms with Crippen molar-refractivity contribution < 1.29 is 13.7 Å². The summed E-state index contributed by atoms with van der Waals surface area (Å²) in [4.78, 5) is 13.7. The van der Waals surface area contributed by atoms with Gasteiger partial charge in [-0.15, -0.1) is 0 Å². The molecule has 0 aliphatic carbocycles. The van der Waals surface area contributed by atoms with Gasteiger partial charge in [0.2, 0.25) is 5.82 Å². The van der Waals surface area contributed by atoms with Crippen molar-refractivity contribution in [3.8, 4) is 0 Å². The maximum Gasteiger partial charge on any atom is 0.327 e. The summed E-state index contributed by atoms with van der Waals surface area (Å²) in [5.41, 5.74) is -0.936. The molecule has 0 bridgehead atoms. The molecule has 2 aromatic rings. The van der Waals surface area contributed by atoms with E-state index < -0.39 is 22.2 Å². The van der Waals surface area contributed by atoms with Crippen LogP contribution in [0.4, 0.5) is 20.2 Å². The fourth-order valence-electron chi connectivity index (χ4n) is 1.62. The third-order valence-electron chi connectivity index (χ3n) is 2.46. The van der Waals surface area contributed by atoms with Gasteiger partial charge in [-0.3, -0.25) is 10.1 Å². The Morgan fingerprint density at radius 1 is 1.42 bits per heavy atom. The topological polar surface area (TPSA) is 73.0 Å². The van der Waals surface area contributed by atoms with Gasteiger partial charge in [0.05, 0.1) is 11.3 Å². The first-order valence-electron chi connectivity index (χ1n) is 5.41. The first-order chi connectivity index (χ1) is 9.08. The number of anilines is 1. The molecule has 0 atom stereocenters. The highest BCUT2D eigenvalue weighted by atomic mass is 19.1. The molecule has 1 aromatic heterocycles. The van der Waals surface area contributed by atoms with Gasteiger partial charge in [-0.25, -0.2) is 9.37 Å². The first kappa shape index (κ1) is 12.9. The Bertz CT molecular complexity index is 587. The van der Waals surface area contributed by atoms with Crippen molar-refractivity contribution in [2.45, 2.75) is 6.54 Å². The maximum absolute atomic E-state index is 13.3. The molecule has 0 aliphatic heterocycles. The van der Waals surface area contributed by atoms with Crippen molar-refractivity contribution in [1.82, 2.24) is 9.55 Å². The second-order valence-electron chi connectivity index (χ2n) is 3.77. The van der Waals surface area contributed by atoms with E-state index in [0.717, 1.165) is 6.07 Å². The number of aromatic nitrogens is 2. The largest absolute Gasteiger partial charge is 0.378 e. The standard InChI is InChI=1S/C11H10F2N4O2/c12-8-5-9(13)11(17(18)19)10(6-8)15-2-4-16-3-1-14-7-16/h1,3,5-7,15H,2,4H2. The molecular formula is C11H10F2N4O2. The van der Waals surface area contributed by atoms with E-state index in [-0.39, 0.29) is 12.2 Å². The van der Waals surface area contributed by atoms with Crippen LogP contribution in [-0.4, -0.2) is 21.0 Å². The number of hydrogen-bond donors (Lipinski definition) is 1. The molecule has 0 spiro atoms. The van der Waals surface area contributed by atoms with Crippen LogP contribution in [0.5, 0.6) is 0 Å². The SMILES string of the molecule is O=[N+]([O-])c1c(F)cc(F)cc1NCCn1ccnc1. The lowest BCUT2D eigenvalue weighted by atomic mass is 10.2. The zero-order chi connectivity index (χ0) is 13.8. The summed E-state index contributed by atoms with van der Waals surface area (Å²) in [5, 5.41) is 13.4. The molecule has 19 heavy (non-hydrogen) atoms. The smallest absolute Gasteiger partial charge is 0.327 e. The summed E-state index contributed by atoms with van der Waals surface area (Å²) in [7, 11) is 0. The minimum absolute atomic E-state index is 0.178. The van der Waals surface area contributed by atoms with Gasteiger partial charge in [-0.05, 0) is 0 Å². The van der Waals surface area contributed by atoms with E-state index in [1.807, 2.05) is 0 Å². The predicted molar refractivity (Wildman–Crippen MR) is 63.7 cm³/mol. The minimum Gasteiger partial charge on any atom is -0.378 e. The summed E-state index contributed by atoms with van der Waals surface area (Å²) >= 11 is 0. The van der Waals surface area contributed by atoms with Gasteiger partial charge >= 0.3 is 5.69 Å². The van der Waals surface area contributed by atoms with Crippen LogP contribution in [0.3, 0.4) is 0 Å². The van der Waals surface area contributed by atoms with Crippen LogP contribution < -0.4 is 5.32 Å². The summed E-state index contributed by atoms with van der Waals surface area (Å²) in [6.07, 6.45) is 4.87. The van der Waals surface area contributed by atoms with Crippen molar-refractivity contribution in [1.29, 1.82) is 0 Å². The molecule has 6 nitrogen and oxygen atoms in total. The average Bonchev–Trinajstić information content (AvgIpc) is 2.80. The average molecular weight is 268 g/mol. The zero-order valence-corrected chi connectivity index (χ0v) is 9.72. The van der Waals surface area contributed by atoms with E-state index in [1.165, 1.54) is 0 Å². The number of rotatable bonds is 5. The number of hydrogen-bond acceptors (Lipinski definition) is 4. The Balaban J connectivity index is 2.12. The Hall–Kier alpha value is -2.51. The minimum atomic E-state index is -1.20. The molecule has 0 unspecified atom stereocenters. The lowest BCUT2D eigenvalue weighted by molar-refractivity contribution is -0.386. The summed E-state index contributed by atoms with van der Waals surface area (Å²) < 4.78 is 28.1. The third-order valence-corrected chi connectivity index (χ3v) is 2.46. The van der Waals surface area contributed by atoms with Crippen LogP contribution in [0.1, 0.15) is 0 Å². The van der Waals surface area contributed by atoms with Crippen molar-refractivity contribution in [2.24, 2.45) is 0 Å². The number of benzene rings is 1. The van der Waals surface area contributed by atoms with Crippen molar-refractivity contribution in [2.75, 3.05) is 11.9 Å². The summed E-state index contributed by atoms with van der Waals surface area (Å²) in [6, 6.07) is 1.38. The van der Waals surface area contributed by atoms with Crippen LogP contribution in [0, 0.1) is 21.7 Å². The Morgan fingerprint density at radius 3 is 2.84 bits per heavy atom. The van der Waals surface area contributed by atoms with Crippen LogP contribution in [-0.2, 0) is 6.54 Å². The number of nitro groups is 1. The van der Waals surface area contributed by atoms with E-state index in [1.54, 1.807) is 23.3 Å². The molecule has 0 radical (unpaired) electrons. The lowest BCUT2D eigenvalue weighted by Crippen LogP contribution is -2.11. The Labute approximate surface area is 106 Å². The molecule has 0 amide bonds. The lowest BCUT2D eigenvalue weighted by Gasteiger charge is -2.08. The highest BCUT2D eigenvalue weighted by Crippen LogP contribution is 2.28. The van der Waals surface area contributed by atoms with Gasteiger partial charge < -0.3 is 9.88 Å². The first-order valence-corrected chi connectivity index (χ1v) is 5.41. The number of imidazole rings is 1. The molecular weight excluding hydrogens is 258 g/mol. The maximum atomic E-state index is 13.3. The van der Waals surface area contributed by atoms with Gasteiger partial charge in [0.25, 0.3) is 0 Å². The monoisotopic (exact) mass is 268 g/mol. The van der Waals surface area contributed by atoms with Crippen molar-refractivity contribution in [3.05, 3.63) is 52.6 Å². The summed E-state index contributed by atoms with van der Waals surface area (Å²) in [6.45, 7) is 0.745. The quantitative estimate of drug-likeness (QED) is 0.666. The Kier molecular flexibility index (Phi) is 3.69. The van der Waals surface area contributed by atoms with E-state index >= 15 is 0 Å². The predicted octanol–water partition coefficient (Wildman–Crippen LogP) is 2.18. The fourth-order valence-corrected chi connectivity index (χ4v) is 1.62. The highest BCUT2D eigenvalue weighted by molar-refractivity contribution is 5.62. The Morgan fingerprint density at radius 2 is 2.21 bits per heavy atom. The number of nitrogens with one attached hydrogen (secondary N) is 1. The molecule has 0 aliphatic rings. The van der Waals surface area contributed by atoms with E-state index in [2.05, 4.69) is 10.3 Å². The van der Waals surface area contributed by atoms with Crippen LogP contribution in [0.2, 0.25) is 0 Å². The molecule has 2 rings (SSSR count). The van der Waals surface area contributed by atoms with Crippen molar-refractivity contribution >= 4 is 11.4 Å². The van der Waals surface area contributed by atoms with Crippen LogP contribution in [0.25, 0.3) is 0 Å². The number of halogens is 2. The number of nitro benzene ring substituents is 1. The molecule has 1 heterocycles. The molecule has 0 saturated heterocycles. The van der Waals surface area contributed by atoms with Gasteiger partial charge in [0.1, 0.15) is 11.5 Å². The van der Waals surface area contributed by atoms with E-state index in [4.69, 9.17) is 0 Å². The van der Waals surface area contributed by atoms with Gasteiger partial charge in [-0.2, -0.15) is 4.39 Å². The molecule has 1 aromatic carbocycles. The highest BCUT2D eigenvalue weighted by Gasteiger charge is 2.21. The second kappa shape index (κ2) is 5.42. The molecule has 0 fully saturated rings. The van der Waals surface area contributed by atoms with Crippen molar-refractivity contribution in [3.63, 3.8) is 0 Å². The van der Waals surface area contributed by atoms with Crippen LogP contribution in [0.15, 0.2) is 30.9 Å². The molecule has 0 saturated carbocycles. The summed E-state index contributed by atoms with van der Waals surface area (Å²) in [5.74, 6) is -2.07. The van der Waals surface area contributed by atoms with E-state index in [9.17, 15) is 18.9 Å².